The minimum atomic E-state index is -0.915. The molecule has 1 saturated heterocycles. The second kappa shape index (κ2) is 5.75. The molecule has 2 rings (SSSR count). The van der Waals surface area contributed by atoms with Crippen molar-refractivity contribution in [2.75, 3.05) is 18.4 Å². The number of amides is 1. The fourth-order valence-corrected chi connectivity index (χ4v) is 2.05. The Bertz CT molecular complexity index is 501. The third-order valence-electron chi connectivity index (χ3n) is 3.08. The van der Waals surface area contributed by atoms with Crippen LogP contribution < -0.4 is 10.6 Å². The summed E-state index contributed by atoms with van der Waals surface area (Å²) in [6.07, 6.45) is 1.70. The summed E-state index contributed by atoms with van der Waals surface area (Å²) in [5, 5.41) is 16.3. The van der Waals surface area contributed by atoms with Crippen LogP contribution in [0.1, 0.15) is 12.8 Å². The number of anilines is 1. The van der Waals surface area contributed by atoms with E-state index in [-0.39, 0.29) is 17.5 Å². The average Bonchev–Trinajstić information content (AvgIpc) is 2.41. The number of halogens is 1. The maximum absolute atomic E-state index is 13.1. The van der Waals surface area contributed by atoms with Gasteiger partial charge < -0.3 is 10.6 Å². The molecule has 2 N–H and O–H groups in total. The Kier molecular flexibility index (Phi) is 4.06. The smallest absolute Gasteiger partial charge is 0.306 e. The number of hydrogen-bond donors (Lipinski definition) is 2. The van der Waals surface area contributed by atoms with Gasteiger partial charge in [0.05, 0.1) is 10.8 Å². The summed E-state index contributed by atoms with van der Waals surface area (Å²) in [5.74, 6) is -1.27. The van der Waals surface area contributed by atoms with Crippen LogP contribution in [0, 0.1) is 21.8 Å². The quantitative estimate of drug-likeness (QED) is 0.644. The van der Waals surface area contributed by atoms with Crippen molar-refractivity contribution in [3.8, 4) is 0 Å². The molecule has 0 aliphatic carbocycles. The number of carbonyl (C=O) groups is 1. The number of benzene rings is 1. The molecule has 0 spiro atoms. The van der Waals surface area contributed by atoms with Gasteiger partial charge in [-0.05, 0) is 31.5 Å². The van der Waals surface area contributed by atoms with Crippen LogP contribution in [0.5, 0.6) is 0 Å². The van der Waals surface area contributed by atoms with Gasteiger partial charge in [-0.1, -0.05) is 0 Å². The lowest BCUT2D eigenvalue weighted by molar-refractivity contribution is -0.387. The van der Waals surface area contributed by atoms with Crippen molar-refractivity contribution in [2.45, 2.75) is 12.8 Å². The minimum absolute atomic E-state index is 0.155. The molecular formula is C12H14FN3O3. The van der Waals surface area contributed by atoms with Crippen LogP contribution in [0.15, 0.2) is 18.2 Å². The van der Waals surface area contributed by atoms with E-state index in [1.807, 2.05) is 0 Å². The summed E-state index contributed by atoms with van der Waals surface area (Å²) in [5.41, 5.74) is -0.400. The highest BCUT2D eigenvalue weighted by Crippen LogP contribution is 2.22. The molecule has 1 heterocycles. The number of nitrogens with one attached hydrogen (secondary N) is 2. The Morgan fingerprint density at radius 3 is 2.95 bits per heavy atom. The summed E-state index contributed by atoms with van der Waals surface area (Å²) >= 11 is 0. The van der Waals surface area contributed by atoms with Crippen LogP contribution in [0.3, 0.4) is 0 Å². The first-order valence-electron chi connectivity index (χ1n) is 6.03. The molecule has 0 bridgehead atoms. The Balaban J connectivity index is 2.08. The predicted molar refractivity (Wildman–Crippen MR) is 67.3 cm³/mol. The Morgan fingerprint density at radius 1 is 1.53 bits per heavy atom. The zero-order chi connectivity index (χ0) is 13.8. The third-order valence-corrected chi connectivity index (χ3v) is 3.08. The molecule has 1 fully saturated rings. The van der Waals surface area contributed by atoms with Gasteiger partial charge in [-0.15, -0.1) is 0 Å². The number of nitro groups is 1. The molecule has 0 radical (unpaired) electrons. The summed E-state index contributed by atoms with van der Waals surface area (Å²) in [6.45, 7) is 1.49. The van der Waals surface area contributed by atoms with Crippen LogP contribution in [0.2, 0.25) is 0 Å². The van der Waals surface area contributed by atoms with Gasteiger partial charge in [-0.3, -0.25) is 14.9 Å². The molecule has 1 atom stereocenters. The van der Waals surface area contributed by atoms with Crippen molar-refractivity contribution >= 4 is 17.3 Å². The van der Waals surface area contributed by atoms with Gasteiger partial charge in [0, 0.05) is 18.3 Å². The zero-order valence-corrected chi connectivity index (χ0v) is 10.2. The second-order valence-corrected chi connectivity index (χ2v) is 4.46. The van der Waals surface area contributed by atoms with Crippen molar-refractivity contribution in [3.63, 3.8) is 0 Å². The molecule has 0 aromatic heterocycles. The fourth-order valence-electron chi connectivity index (χ4n) is 2.05. The summed E-state index contributed by atoms with van der Waals surface area (Å²) in [6, 6.07) is 3.33. The van der Waals surface area contributed by atoms with Crippen molar-refractivity contribution in [1.82, 2.24) is 5.32 Å². The van der Waals surface area contributed by atoms with Crippen molar-refractivity contribution in [3.05, 3.63) is 34.1 Å². The van der Waals surface area contributed by atoms with E-state index < -0.39 is 16.4 Å². The van der Waals surface area contributed by atoms with Gasteiger partial charge in [-0.25, -0.2) is 0 Å². The number of hydrogen-bond acceptors (Lipinski definition) is 4. The van der Waals surface area contributed by atoms with Crippen LogP contribution >= 0.6 is 0 Å². The molecule has 1 aromatic carbocycles. The van der Waals surface area contributed by atoms with Gasteiger partial charge in [0.2, 0.25) is 11.7 Å². The summed E-state index contributed by atoms with van der Waals surface area (Å²) in [4.78, 5) is 21.7. The number of rotatable bonds is 3. The molecule has 19 heavy (non-hydrogen) atoms. The lowest BCUT2D eigenvalue weighted by Crippen LogP contribution is -2.37. The molecule has 6 nitrogen and oxygen atoms in total. The highest BCUT2D eigenvalue weighted by Gasteiger charge is 2.22. The summed E-state index contributed by atoms with van der Waals surface area (Å²) in [7, 11) is 0. The molecule has 7 heteroatoms. The predicted octanol–water partition coefficient (Wildman–Crippen LogP) is 1.67. The van der Waals surface area contributed by atoms with Crippen LogP contribution in [0.25, 0.3) is 0 Å². The van der Waals surface area contributed by atoms with E-state index >= 15 is 0 Å². The lowest BCUT2D eigenvalue weighted by Gasteiger charge is -2.21. The number of nitrogens with zero attached hydrogens (tertiary/aromatic N) is 1. The van der Waals surface area contributed by atoms with Crippen molar-refractivity contribution < 1.29 is 14.1 Å². The van der Waals surface area contributed by atoms with E-state index in [1.54, 1.807) is 0 Å². The molecule has 102 valence electrons. The third kappa shape index (κ3) is 3.25. The Labute approximate surface area is 109 Å². The first-order chi connectivity index (χ1) is 9.08. The minimum Gasteiger partial charge on any atom is -0.326 e. The van der Waals surface area contributed by atoms with E-state index in [1.165, 1.54) is 6.07 Å². The van der Waals surface area contributed by atoms with Crippen molar-refractivity contribution in [2.24, 2.45) is 5.92 Å². The monoisotopic (exact) mass is 267 g/mol. The molecule has 1 aromatic rings. The standard InChI is InChI=1S/C12H14FN3O3/c13-10-4-3-9(6-11(10)16(18)19)15-12(17)8-2-1-5-14-7-8/h3-4,6,8,14H,1-2,5,7H2,(H,15,17)/t8-/m0/s1. The topological polar surface area (TPSA) is 84.3 Å². The van der Waals surface area contributed by atoms with Crippen LogP contribution in [0.4, 0.5) is 15.8 Å². The molecule has 0 unspecified atom stereocenters. The largest absolute Gasteiger partial charge is 0.326 e. The second-order valence-electron chi connectivity index (χ2n) is 4.46. The Morgan fingerprint density at radius 2 is 2.32 bits per heavy atom. The molecular weight excluding hydrogens is 253 g/mol. The van der Waals surface area contributed by atoms with Crippen molar-refractivity contribution in [1.29, 1.82) is 0 Å². The maximum Gasteiger partial charge on any atom is 0.306 e. The highest BCUT2D eigenvalue weighted by molar-refractivity contribution is 5.93. The normalized spacial score (nSPS) is 18.9. The highest BCUT2D eigenvalue weighted by atomic mass is 19.1. The van der Waals surface area contributed by atoms with E-state index in [0.717, 1.165) is 31.5 Å². The van der Waals surface area contributed by atoms with Crippen LogP contribution in [-0.2, 0) is 4.79 Å². The van der Waals surface area contributed by atoms with E-state index in [9.17, 15) is 19.3 Å². The molecule has 1 amide bonds. The van der Waals surface area contributed by atoms with Gasteiger partial charge >= 0.3 is 5.69 Å². The van der Waals surface area contributed by atoms with Gasteiger partial charge in [0.15, 0.2) is 0 Å². The molecule has 0 saturated carbocycles. The van der Waals surface area contributed by atoms with Gasteiger partial charge in [0.25, 0.3) is 0 Å². The van der Waals surface area contributed by atoms with Gasteiger partial charge in [-0.2, -0.15) is 4.39 Å². The lowest BCUT2D eigenvalue weighted by atomic mass is 9.99. The van der Waals surface area contributed by atoms with E-state index in [2.05, 4.69) is 10.6 Å². The average molecular weight is 267 g/mol. The molecule has 1 aliphatic heterocycles. The fraction of sp³-hybridized carbons (Fsp3) is 0.417. The van der Waals surface area contributed by atoms with Crippen LogP contribution in [-0.4, -0.2) is 23.9 Å². The molecule has 1 aliphatic rings. The zero-order valence-electron chi connectivity index (χ0n) is 10.2. The summed E-state index contributed by atoms with van der Waals surface area (Å²) < 4.78 is 13.1. The number of carbonyl (C=O) groups excluding carboxylic acids is 1. The Hall–Kier alpha value is -2.02. The first kappa shape index (κ1) is 13.4. The number of nitro benzene ring substituents is 1. The maximum atomic E-state index is 13.1. The first-order valence-corrected chi connectivity index (χ1v) is 6.03. The van der Waals surface area contributed by atoms with E-state index in [4.69, 9.17) is 0 Å². The van der Waals surface area contributed by atoms with Gasteiger partial charge in [0.1, 0.15) is 0 Å². The number of piperidine rings is 1. The van der Waals surface area contributed by atoms with E-state index in [0.29, 0.717) is 6.54 Å². The SMILES string of the molecule is O=C(Nc1ccc(F)c([N+](=O)[O-])c1)[C@H]1CCCNC1.